The number of hydrogen-bond donors (Lipinski definition) is 2. The molecule has 0 saturated carbocycles. The Bertz CT molecular complexity index is 1040. The molecule has 8 nitrogen and oxygen atoms in total. The number of anilines is 2. The molecule has 154 valence electrons. The van der Waals surface area contributed by atoms with E-state index in [9.17, 15) is 18.0 Å². The normalized spacial score (nSPS) is 11.7. The number of hydrazone groups is 1. The van der Waals surface area contributed by atoms with Crippen LogP contribution in [0.4, 0.5) is 11.4 Å². The van der Waals surface area contributed by atoms with E-state index in [0.717, 1.165) is 16.1 Å². The Morgan fingerprint density at radius 2 is 1.69 bits per heavy atom. The van der Waals surface area contributed by atoms with E-state index >= 15 is 0 Å². The number of hydrogen-bond acceptors (Lipinski definition) is 5. The van der Waals surface area contributed by atoms with Gasteiger partial charge in [0.05, 0.1) is 22.7 Å². The van der Waals surface area contributed by atoms with Crippen molar-refractivity contribution in [2.75, 3.05) is 22.4 Å². The van der Waals surface area contributed by atoms with E-state index < -0.39 is 22.5 Å². The molecule has 2 aromatic carbocycles. The van der Waals surface area contributed by atoms with Gasteiger partial charge in [-0.15, -0.1) is 0 Å². The molecule has 2 amide bonds. The Morgan fingerprint density at radius 1 is 1.07 bits per heavy atom. The van der Waals surface area contributed by atoms with Crippen LogP contribution in [0.3, 0.4) is 0 Å². The van der Waals surface area contributed by atoms with Gasteiger partial charge in [-0.1, -0.05) is 35.9 Å². The summed E-state index contributed by atoms with van der Waals surface area (Å²) in [6.45, 7) is 2.63. The SMILES string of the molecule is CC(=O)Nc1ccc(/C(C)=N\NC(=O)CN(c2ccccc2Cl)S(C)(=O)=O)cc1. The minimum absolute atomic E-state index is 0.177. The lowest BCUT2D eigenvalue weighted by Gasteiger charge is -2.22. The van der Waals surface area contributed by atoms with Crippen molar-refractivity contribution < 1.29 is 18.0 Å². The van der Waals surface area contributed by atoms with E-state index in [2.05, 4.69) is 15.8 Å². The van der Waals surface area contributed by atoms with Crippen LogP contribution in [0.5, 0.6) is 0 Å². The van der Waals surface area contributed by atoms with Gasteiger partial charge in [0.1, 0.15) is 6.54 Å². The molecule has 2 rings (SSSR count). The number of amides is 2. The summed E-state index contributed by atoms with van der Waals surface area (Å²) in [5, 5.41) is 6.88. The molecule has 2 aromatic rings. The van der Waals surface area contributed by atoms with Gasteiger partial charge in [0.15, 0.2) is 0 Å². The first kappa shape index (κ1) is 22.4. The summed E-state index contributed by atoms with van der Waals surface area (Å²) < 4.78 is 25.1. The molecule has 2 N–H and O–H groups in total. The lowest BCUT2D eigenvalue weighted by Crippen LogP contribution is -2.39. The zero-order chi connectivity index (χ0) is 21.6. The average molecular weight is 437 g/mol. The summed E-state index contributed by atoms with van der Waals surface area (Å²) in [5.41, 5.74) is 4.44. The zero-order valence-corrected chi connectivity index (χ0v) is 17.7. The fourth-order valence-corrected chi connectivity index (χ4v) is 3.57. The molecular weight excluding hydrogens is 416 g/mol. The van der Waals surface area contributed by atoms with Crippen LogP contribution in [0.1, 0.15) is 19.4 Å². The molecule has 0 spiro atoms. The van der Waals surface area contributed by atoms with Crippen molar-refractivity contribution in [2.24, 2.45) is 5.10 Å². The van der Waals surface area contributed by atoms with Gasteiger partial charge < -0.3 is 5.32 Å². The van der Waals surface area contributed by atoms with Crippen molar-refractivity contribution in [2.45, 2.75) is 13.8 Å². The van der Waals surface area contributed by atoms with Gasteiger partial charge in [-0.05, 0) is 36.8 Å². The summed E-state index contributed by atoms with van der Waals surface area (Å²) in [6.07, 6.45) is 0.995. The molecule has 29 heavy (non-hydrogen) atoms. The standard InChI is InChI=1S/C19H21ClN4O4S/c1-13(15-8-10-16(11-9-15)21-14(2)25)22-23-19(26)12-24(29(3,27)28)18-7-5-4-6-17(18)20/h4-11H,12H2,1-3H3,(H,21,25)(H,23,26)/b22-13-. The third-order valence-electron chi connectivity index (χ3n) is 3.78. The second kappa shape index (κ2) is 9.53. The Kier molecular flexibility index (Phi) is 7.35. The van der Waals surface area contributed by atoms with Crippen molar-refractivity contribution in [3.63, 3.8) is 0 Å². The van der Waals surface area contributed by atoms with Crippen LogP contribution in [0.25, 0.3) is 0 Å². The summed E-state index contributed by atoms with van der Waals surface area (Å²) in [7, 11) is -3.74. The fraction of sp³-hybridized carbons (Fsp3) is 0.211. The molecule has 0 aliphatic heterocycles. The third kappa shape index (κ3) is 6.58. The van der Waals surface area contributed by atoms with Crippen LogP contribution in [0.15, 0.2) is 53.6 Å². The molecular formula is C19H21ClN4O4S. The molecule has 0 heterocycles. The third-order valence-corrected chi connectivity index (χ3v) is 5.23. The molecule has 0 atom stereocenters. The fourth-order valence-electron chi connectivity index (χ4n) is 2.41. The highest BCUT2D eigenvalue weighted by atomic mass is 35.5. The maximum Gasteiger partial charge on any atom is 0.260 e. The molecule has 0 bridgehead atoms. The average Bonchev–Trinajstić information content (AvgIpc) is 2.64. The Morgan fingerprint density at radius 3 is 2.24 bits per heavy atom. The lowest BCUT2D eigenvalue weighted by molar-refractivity contribution is -0.119. The second-order valence-electron chi connectivity index (χ2n) is 6.21. The summed E-state index contributed by atoms with van der Waals surface area (Å²) in [6, 6.07) is 13.2. The van der Waals surface area contributed by atoms with Gasteiger partial charge in [-0.2, -0.15) is 5.10 Å². The molecule has 0 aliphatic carbocycles. The van der Waals surface area contributed by atoms with Crippen LogP contribution in [-0.4, -0.2) is 38.7 Å². The largest absolute Gasteiger partial charge is 0.326 e. The van der Waals surface area contributed by atoms with Crippen LogP contribution in [0, 0.1) is 0 Å². The van der Waals surface area contributed by atoms with Crippen molar-refractivity contribution >= 4 is 50.5 Å². The Labute approximate surface area is 174 Å². The van der Waals surface area contributed by atoms with Crippen molar-refractivity contribution in [1.29, 1.82) is 0 Å². The topological polar surface area (TPSA) is 108 Å². The predicted molar refractivity (Wildman–Crippen MR) is 115 cm³/mol. The first-order chi connectivity index (χ1) is 13.6. The number of benzene rings is 2. The summed E-state index contributed by atoms with van der Waals surface area (Å²) >= 11 is 6.07. The molecule has 0 aromatic heterocycles. The first-order valence-electron chi connectivity index (χ1n) is 8.51. The maximum atomic E-state index is 12.3. The molecule has 10 heteroatoms. The minimum Gasteiger partial charge on any atom is -0.326 e. The van der Waals surface area contributed by atoms with E-state index in [1.807, 2.05) is 0 Å². The number of nitrogens with one attached hydrogen (secondary N) is 2. The van der Waals surface area contributed by atoms with Crippen LogP contribution in [0.2, 0.25) is 5.02 Å². The highest BCUT2D eigenvalue weighted by molar-refractivity contribution is 7.92. The van der Waals surface area contributed by atoms with Gasteiger partial charge in [0, 0.05) is 12.6 Å². The number of sulfonamides is 1. The zero-order valence-electron chi connectivity index (χ0n) is 16.1. The highest BCUT2D eigenvalue weighted by Crippen LogP contribution is 2.26. The molecule has 0 fully saturated rings. The predicted octanol–water partition coefficient (Wildman–Crippen LogP) is 2.60. The van der Waals surface area contributed by atoms with Crippen molar-refractivity contribution in [3.8, 4) is 0 Å². The van der Waals surface area contributed by atoms with Crippen molar-refractivity contribution in [1.82, 2.24) is 5.43 Å². The molecule has 0 saturated heterocycles. The first-order valence-corrected chi connectivity index (χ1v) is 10.7. The second-order valence-corrected chi connectivity index (χ2v) is 8.53. The summed E-state index contributed by atoms with van der Waals surface area (Å²) in [4.78, 5) is 23.3. The Balaban J connectivity index is 2.10. The monoisotopic (exact) mass is 436 g/mol. The van der Waals surface area contributed by atoms with Crippen molar-refractivity contribution in [3.05, 3.63) is 59.1 Å². The molecule has 0 radical (unpaired) electrons. The Hall–Kier alpha value is -2.91. The quantitative estimate of drug-likeness (QED) is 0.513. The van der Waals surface area contributed by atoms with Crippen LogP contribution >= 0.6 is 11.6 Å². The van der Waals surface area contributed by atoms with E-state index in [4.69, 9.17) is 11.6 Å². The number of para-hydroxylation sites is 1. The number of halogens is 1. The van der Waals surface area contributed by atoms with E-state index in [1.54, 1.807) is 49.4 Å². The number of nitrogens with zero attached hydrogens (tertiary/aromatic N) is 2. The van der Waals surface area contributed by atoms with Gasteiger partial charge >= 0.3 is 0 Å². The lowest BCUT2D eigenvalue weighted by atomic mass is 10.1. The van der Waals surface area contributed by atoms with E-state index in [0.29, 0.717) is 11.4 Å². The van der Waals surface area contributed by atoms with E-state index in [1.165, 1.54) is 13.0 Å². The number of carbonyl (C=O) groups is 2. The van der Waals surface area contributed by atoms with Crippen LogP contribution < -0.4 is 15.0 Å². The van der Waals surface area contributed by atoms with Gasteiger partial charge in [-0.25, -0.2) is 13.8 Å². The summed E-state index contributed by atoms with van der Waals surface area (Å²) in [5.74, 6) is -0.797. The smallest absolute Gasteiger partial charge is 0.260 e. The number of rotatable bonds is 7. The number of carbonyl (C=O) groups excluding carboxylic acids is 2. The maximum absolute atomic E-state index is 12.3. The van der Waals surface area contributed by atoms with E-state index in [-0.39, 0.29) is 16.6 Å². The van der Waals surface area contributed by atoms with Gasteiger partial charge in [0.25, 0.3) is 5.91 Å². The molecule has 0 aliphatic rings. The van der Waals surface area contributed by atoms with Crippen LogP contribution in [-0.2, 0) is 19.6 Å². The minimum atomic E-state index is -3.74. The molecule has 0 unspecified atom stereocenters. The van der Waals surface area contributed by atoms with Gasteiger partial charge in [-0.3, -0.25) is 13.9 Å². The van der Waals surface area contributed by atoms with Gasteiger partial charge in [0.2, 0.25) is 15.9 Å². The highest BCUT2D eigenvalue weighted by Gasteiger charge is 2.22.